The largest absolute Gasteiger partial charge is 0.480 e. The van der Waals surface area contributed by atoms with E-state index in [1.165, 1.54) is 19.2 Å². The van der Waals surface area contributed by atoms with E-state index in [1.54, 1.807) is 0 Å². The summed E-state index contributed by atoms with van der Waals surface area (Å²) < 4.78 is 18.3. The molecule has 20 heavy (non-hydrogen) atoms. The van der Waals surface area contributed by atoms with Crippen molar-refractivity contribution >= 4 is 29.3 Å². The Morgan fingerprint density at radius 3 is 2.75 bits per heavy atom. The van der Waals surface area contributed by atoms with Crippen LogP contribution < -0.4 is 5.32 Å². The van der Waals surface area contributed by atoms with Crippen molar-refractivity contribution in [3.05, 3.63) is 29.0 Å². The summed E-state index contributed by atoms with van der Waals surface area (Å²) in [7, 11) is 1.43. The van der Waals surface area contributed by atoms with Crippen molar-refractivity contribution in [3.63, 3.8) is 0 Å². The van der Waals surface area contributed by atoms with Crippen LogP contribution in [-0.4, -0.2) is 48.8 Å². The Morgan fingerprint density at radius 2 is 2.20 bits per heavy atom. The van der Waals surface area contributed by atoms with Crippen molar-refractivity contribution in [2.45, 2.75) is 0 Å². The van der Waals surface area contributed by atoms with E-state index >= 15 is 0 Å². The van der Waals surface area contributed by atoms with Gasteiger partial charge in [0.1, 0.15) is 12.4 Å². The number of methoxy groups -OCH3 is 1. The summed E-state index contributed by atoms with van der Waals surface area (Å²) in [5.41, 5.74) is -0.0767. The highest BCUT2D eigenvalue weighted by Gasteiger charge is 2.17. The van der Waals surface area contributed by atoms with Gasteiger partial charge in [-0.05, 0) is 18.2 Å². The molecule has 0 bridgehead atoms. The lowest BCUT2D eigenvalue weighted by Crippen LogP contribution is -2.40. The smallest absolute Gasteiger partial charge is 0.323 e. The molecule has 0 unspecified atom stereocenters. The number of anilines is 1. The highest BCUT2D eigenvalue weighted by Crippen LogP contribution is 2.19. The van der Waals surface area contributed by atoms with Crippen molar-refractivity contribution in [2.75, 3.05) is 32.1 Å². The predicted octanol–water partition coefficient (Wildman–Crippen LogP) is 2.04. The molecule has 0 radical (unpaired) electrons. The summed E-state index contributed by atoms with van der Waals surface area (Å²) in [6.07, 6.45) is 0. The minimum absolute atomic E-state index is 0.0733. The highest BCUT2D eigenvalue weighted by atomic mass is 35.5. The number of carboxylic acid groups (broad SMARTS) is 1. The molecule has 6 nitrogen and oxygen atoms in total. The Bertz CT molecular complexity index is 498. The van der Waals surface area contributed by atoms with Gasteiger partial charge >= 0.3 is 12.0 Å². The van der Waals surface area contributed by atoms with Gasteiger partial charge < -0.3 is 20.1 Å². The van der Waals surface area contributed by atoms with E-state index in [-0.39, 0.29) is 23.9 Å². The maximum Gasteiger partial charge on any atom is 0.323 e. The second-order valence-electron chi connectivity index (χ2n) is 3.86. The van der Waals surface area contributed by atoms with E-state index in [0.717, 1.165) is 11.0 Å². The second kappa shape index (κ2) is 7.66. The molecule has 0 spiro atoms. The van der Waals surface area contributed by atoms with Crippen molar-refractivity contribution in [2.24, 2.45) is 0 Å². The summed E-state index contributed by atoms with van der Waals surface area (Å²) in [6, 6.07) is 3.03. The number of hydrogen-bond acceptors (Lipinski definition) is 3. The number of hydrogen-bond donors (Lipinski definition) is 2. The van der Waals surface area contributed by atoms with Crippen molar-refractivity contribution in [3.8, 4) is 0 Å². The van der Waals surface area contributed by atoms with Crippen LogP contribution >= 0.6 is 11.6 Å². The molecular weight excluding hydrogens is 291 g/mol. The van der Waals surface area contributed by atoms with E-state index in [0.29, 0.717) is 0 Å². The molecule has 0 aliphatic carbocycles. The summed E-state index contributed by atoms with van der Waals surface area (Å²) in [6.45, 7) is -0.266. The molecule has 110 valence electrons. The molecule has 8 heteroatoms. The van der Waals surface area contributed by atoms with Gasteiger partial charge in [-0.2, -0.15) is 0 Å². The Labute approximate surface area is 120 Å². The van der Waals surface area contributed by atoms with Gasteiger partial charge in [-0.3, -0.25) is 4.79 Å². The molecule has 2 amide bonds. The van der Waals surface area contributed by atoms with Crippen molar-refractivity contribution in [1.29, 1.82) is 0 Å². The van der Waals surface area contributed by atoms with E-state index in [2.05, 4.69) is 5.32 Å². The van der Waals surface area contributed by atoms with Crippen LogP contribution in [0.25, 0.3) is 0 Å². The van der Waals surface area contributed by atoms with Gasteiger partial charge in [0.15, 0.2) is 0 Å². The van der Waals surface area contributed by atoms with Gasteiger partial charge in [-0.25, -0.2) is 9.18 Å². The van der Waals surface area contributed by atoms with Gasteiger partial charge in [0.25, 0.3) is 0 Å². The fourth-order valence-corrected chi connectivity index (χ4v) is 1.56. The van der Waals surface area contributed by atoms with Crippen LogP contribution in [0.4, 0.5) is 14.9 Å². The first-order valence-electron chi connectivity index (χ1n) is 5.65. The van der Waals surface area contributed by atoms with Gasteiger partial charge in [0.2, 0.25) is 0 Å². The van der Waals surface area contributed by atoms with E-state index < -0.39 is 24.4 Å². The minimum Gasteiger partial charge on any atom is -0.480 e. The van der Waals surface area contributed by atoms with Gasteiger partial charge in [-0.1, -0.05) is 11.6 Å². The number of urea groups is 1. The normalized spacial score (nSPS) is 10.2. The molecule has 0 aromatic heterocycles. The number of halogens is 2. The highest BCUT2D eigenvalue weighted by molar-refractivity contribution is 6.30. The standard InChI is InChI=1S/C12H14ClFN2O4/c1-20-5-4-16(7-11(17)18)12(19)15-10-3-2-8(13)6-9(10)14/h2-3,6H,4-5,7H2,1H3,(H,15,19)(H,17,18). The van der Waals surface area contributed by atoms with Crippen LogP contribution in [-0.2, 0) is 9.53 Å². The average Bonchev–Trinajstić information content (AvgIpc) is 2.37. The number of carbonyl (C=O) groups excluding carboxylic acids is 1. The van der Waals surface area contributed by atoms with Gasteiger partial charge in [0, 0.05) is 18.7 Å². The first-order valence-corrected chi connectivity index (χ1v) is 6.03. The van der Waals surface area contributed by atoms with Crippen LogP contribution in [0.15, 0.2) is 18.2 Å². The molecule has 1 aromatic carbocycles. The molecule has 0 aliphatic rings. The second-order valence-corrected chi connectivity index (χ2v) is 4.30. The van der Waals surface area contributed by atoms with Crippen LogP contribution in [0.1, 0.15) is 0 Å². The fraction of sp³-hybridized carbons (Fsp3) is 0.333. The Hall–Kier alpha value is -1.86. The number of carboxylic acids is 1. The van der Waals surface area contributed by atoms with E-state index in [4.69, 9.17) is 21.4 Å². The Kier molecular flexibility index (Phi) is 6.20. The fourth-order valence-electron chi connectivity index (χ4n) is 1.40. The third-order valence-corrected chi connectivity index (χ3v) is 2.59. The number of amides is 2. The van der Waals surface area contributed by atoms with Gasteiger partial charge in [-0.15, -0.1) is 0 Å². The summed E-state index contributed by atoms with van der Waals surface area (Å²) in [4.78, 5) is 23.6. The number of benzene rings is 1. The monoisotopic (exact) mass is 304 g/mol. The Balaban J connectivity index is 2.76. The molecule has 2 N–H and O–H groups in total. The minimum atomic E-state index is -1.17. The zero-order valence-corrected chi connectivity index (χ0v) is 11.5. The molecule has 0 saturated carbocycles. The lowest BCUT2D eigenvalue weighted by molar-refractivity contribution is -0.137. The maximum absolute atomic E-state index is 13.5. The first-order chi connectivity index (χ1) is 9.43. The SMILES string of the molecule is COCCN(CC(=O)O)C(=O)Nc1ccc(Cl)cc1F. The third-order valence-electron chi connectivity index (χ3n) is 2.35. The van der Waals surface area contributed by atoms with Crippen LogP contribution in [0, 0.1) is 5.82 Å². The zero-order chi connectivity index (χ0) is 15.1. The number of rotatable bonds is 6. The lowest BCUT2D eigenvalue weighted by Gasteiger charge is -2.21. The molecule has 1 rings (SSSR count). The molecular formula is C12H14ClFN2O4. The first kappa shape index (κ1) is 16.2. The van der Waals surface area contributed by atoms with Crippen molar-refractivity contribution < 1.29 is 23.8 Å². The molecule has 0 atom stereocenters. The lowest BCUT2D eigenvalue weighted by atomic mass is 10.3. The van der Waals surface area contributed by atoms with Crippen LogP contribution in [0.5, 0.6) is 0 Å². The molecule has 0 heterocycles. The summed E-state index contributed by atoms with van der Waals surface area (Å²) in [5, 5.41) is 11.2. The maximum atomic E-state index is 13.5. The number of aliphatic carboxylic acids is 1. The average molecular weight is 305 g/mol. The van der Waals surface area contributed by atoms with Gasteiger partial charge in [0.05, 0.1) is 12.3 Å². The Morgan fingerprint density at radius 1 is 1.50 bits per heavy atom. The van der Waals surface area contributed by atoms with E-state index in [9.17, 15) is 14.0 Å². The molecule has 1 aromatic rings. The molecule has 0 fully saturated rings. The number of carbonyl (C=O) groups is 2. The topological polar surface area (TPSA) is 78.9 Å². The van der Waals surface area contributed by atoms with Crippen LogP contribution in [0.2, 0.25) is 5.02 Å². The zero-order valence-electron chi connectivity index (χ0n) is 10.7. The number of ether oxygens (including phenoxy) is 1. The van der Waals surface area contributed by atoms with Crippen LogP contribution in [0.3, 0.4) is 0 Å². The number of nitrogens with zero attached hydrogens (tertiary/aromatic N) is 1. The predicted molar refractivity (Wildman–Crippen MR) is 71.5 cm³/mol. The third kappa shape index (κ3) is 5.02. The molecule has 0 aliphatic heterocycles. The number of nitrogens with one attached hydrogen (secondary N) is 1. The summed E-state index contributed by atoms with van der Waals surface area (Å²) in [5.74, 6) is -1.87. The summed E-state index contributed by atoms with van der Waals surface area (Å²) >= 11 is 5.60. The quantitative estimate of drug-likeness (QED) is 0.843. The van der Waals surface area contributed by atoms with E-state index in [1.807, 2.05) is 0 Å². The van der Waals surface area contributed by atoms with Crippen molar-refractivity contribution in [1.82, 2.24) is 4.90 Å². The molecule has 0 saturated heterocycles.